The molecule has 2 spiro atoms. The van der Waals surface area contributed by atoms with Gasteiger partial charge in [-0.05, 0) is 243 Å². The maximum atomic E-state index is 5.37. The van der Waals surface area contributed by atoms with Gasteiger partial charge in [0.1, 0.15) is 0 Å². The molecule has 0 unspecified atom stereocenters. The van der Waals surface area contributed by atoms with Gasteiger partial charge in [-0.2, -0.15) is 0 Å². The number of benzene rings is 21. The number of fused-ring (bicyclic) bond motifs is 22. The summed E-state index contributed by atoms with van der Waals surface area (Å²) in [5.74, 6) is 0. The van der Waals surface area contributed by atoms with Crippen LogP contribution >= 0.6 is 0 Å². The summed E-state index contributed by atoms with van der Waals surface area (Å²) in [5, 5.41) is 9.66. The van der Waals surface area contributed by atoms with Crippen LogP contribution in [0.4, 0.5) is 34.1 Å². The lowest BCUT2D eigenvalue weighted by atomic mass is 9.64. The highest BCUT2D eigenvalue weighted by atomic mass is 15.2. The number of anilines is 6. The first-order chi connectivity index (χ1) is 66.5. The Kier molecular flexibility index (Phi) is 18.4. The van der Waals surface area contributed by atoms with Gasteiger partial charge in [0.2, 0.25) is 0 Å². The van der Waals surface area contributed by atoms with E-state index >= 15 is 0 Å². The lowest BCUT2D eigenvalue weighted by Crippen LogP contribution is -2.36. The van der Waals surface area contributed by atoms with Crippen molar-refractivity contribution in [3.8, 4) is 123 Å². The molecule has 4 aliphatic rings. The Morgan fingerprint density at radius 3 is 0.821 bits per heavy atom. The molecule has 27 rings (SSSR count). The fourth-order valence-corrected chi connectivity index (χ4v) is 23.0. The summed E-state index contributed by atoms with van der Waals surface area (Å²) in [6, 6.07) is 182. The second kappa shape index (κ2) is 31.7. The van der Waals surface area contributed by atoms with Gasteiger partial charge in [-0.25, -0.2) is 0 Å². The third kappa shape index (κ3) is 12.1. The molecule has 4 heterocycles. The van der Waals surface area contributed by atoms with Gasteiger partial charge in [0.25, 0.3) is 0 Å². The van der Waals surface area contributed by atoms with E-state index in [0.717, 1.165) is 50.6 Å². The van der Waals surface area contributed by atoms with Gasteiger partial charge in [0, 0.05) is 46.0 Å². The molecule has 0 amide bonds. The number of pyridine rings is 2. The summed E-state index contributed by atoms with van der Waals surface area (Å²) in [5.41, 5.74) is 42.5. The van der Waals surface area contributed by atoms with Gasteiger partial charge in [-0.1, -0.05) is 431 Å². The first-order valence-electron chi connectivity index (χ1n) is 46.3. The number of hydrogen-bond acceptors (Lipinski definition) is 4. The van der Waals surface area contributed by atoms with Crippen molar-refractivity contribution >= 4 is 77.2 Å². The van der Waals surface area contributed by atoms with Crippen molar-refractivity contribution in [1.29, 1.82) is 0 Å². The van der Waals surface area contributed by atoms with Gasteiger partial charge >= 0.3 is 0 Å². The molecule has 0 fully saturated rings. The van der Waals surface area contributed by atoms with Gasteiger partial charge in [0.05, 0.1) is 45.0 Å². The Hall–Kier alpha value is -17.4. The molecular weight excluding hydrogens is 1620 g/mol. The number of nitrogens with zero attached hydrogens (tertiary/aromatic N) is 4. The smallest absolute Gasteiger partial charge is 0.0754 e. The van der Waals surface area contributed by atoms with E-state index < -0.39 is 10.8 Å². The minimum absolute atomic E-state index is 0.471. The quantitative estimate of drug-likeness (QED) is 0.121. The number of para-hydroxylation sites is 6. The lowest BCUT2D eigenvalue weighted by molar-refractivity contribution is 0.753. The molecule has 134 heavy (non-hydrogen) atoms. The van der Waals surface area contributed by atoms with Crippen LogP contribution in [0.1, 0.15) is 44.5 Å². The highest BCUT2D eigenvalue weighted by molar-refractivity contribution is 6.23. The largest absolute Gasteiger partial charge is 0.310 e. The van der Waals surface area contributed by atoms with Crippen molar-refractivity contribution < 1.29 is 0 Å². The van der Waals surface area contributed by atoms with Gasteiger partial charge in [-0.3, -0.25) is 9.97 Å². The van der Waals surface area contributed by atoms with Crippen LogP contribution in [0, 0.1) is 0 Å². The van der Waals surface area contributed by atoms with Crippen molar-refractivity contribution in [1.82, 2.24) is 9.97 Å². The Morgan fingerprint density at radius 1 is 0.149 bits per heavy atom. The summed E-state index contributed by atoms with van der Waals surface area (Å²) in [6.45, 7) is 0. The molecule has 0 atom stereocenters. The number of aromatic nitrogens is 2. The summed E-state index contributed by atoms with van der Waals surface area (Å²) >= 11 is 0. The minimum Gasteiger partial charge on any atom is -0.310 e. The molecule has 4 heteroatoms. The van der Waals surface area contributed by atoms with Gasteiger partial charge in [0.15, 0.2) is 0 Å². The summed E-state index contributed by atoms with van der Waals surface area (Å²) < 4.78 is 0. The molecule has 0 N–H and O–H groups in total. The lowest BCUT2D eigenvalue weighted by Gasteiger charge is -2.45. The van der Waals surface area contributed by atoms with Crippen LogP contribution in [0.15, 0.2) is 510 Å². The van der Waals surface area contributed by atoms with Crippen molar-refractivity contribution in [3.05, 3.63) is 554 Å². The van der Waals surface area contributed by atoms with E-state index in [2.05, 4.69) is 513 Å². The van der Waals surface area contributed by atoms with E-state index in [-0.39, 0.29) is 0 Å². The molecule has 2 aliphatic carbocycles. The molecule has 0 saturated heterocycles. The van der Waals surface area contributed by atoms with E-state index in [1.807, 2.05) is 6.20 Å². The van der Waals surface area contributed by atoms with E-state index in [4.69, 9.17) is 9.97 Å². The SMILES string of the molecule is c1ccc(-c2ccc(-c3c4ccccc4c(-c4ccc(-c5ccc(-c6ccc7c(c6)-c6ccccc6C76c7ccccc7N(c7ccccc7)c7ccccc76)cc5)cn4)c4ccccc34)cc2)cc1.c1ccc(-c2ccc(-c3c4ccccc4c(-c4ccc(-c5cccc6c5-c5ccccc5C65c6ccccc6N(c6ccccc6)c6ccccc65)cn4)c4ccccc34)cc2)cc1. The van der Waals surface area contributed by atoms with E-state index in [1.165, 1.54) is 194 Å². The number of hydrogen-bond donors (Lipinski definition) is 0. The third-order valence-corrected chi connectivity index (χ3v) is 28.7. The maximum absolute atomic E-state index is 5.37. The van der Waals surface area contributed by atoms with E-state index in [0.29, 0.717) is 0 Å². The Bertz CT molecular complexity index is 8360. The van der Waals surface area contributed by atoms with Crippen LogP contribution in [-0.4, -0.2) is 9.97 Å². The second-order valence-corrected chi connectivity index (χ2v) is 35.5. The highest BCUT2D eigenvalue weighted by Crippen LogP contribution is 2.67. The van der Waals surface area contributed by atoms with E-state index in [1.54, 1.807) is 0 Å². The third-order valence-electron chi connectivity index (χ3n) is 28.7. The molecule has 4 nitrogen and oxygen atoms in total. The zero-order valence-corrected chi connectivity index (χ0v) is 73.3. The molecule has 21 aromatic carbocycles. The molecule has 0 radical (unpaired) electrons. The fourth-order valence-electron chi connectivity index (χ4n) is 23.0. The zero-order chi connectivity index (χ0) is 88.4. The van der Waals surface area contributed by atoms with Crippen LogP contribution in [-0.2, 0) is 10.8 Å². The average molecular weight is 1700 g/mol. The molecule has 23 aromatic rings. The van der Waals surface area contributed by atoms with Crippen LogP contribution in [0.25, 0.3) is 166 Å². The second-order valence-electron chi connectivity index (χ2n) is 35.5. The summed E-state index contributed by atoms with van der Waals surface area (Å²) in [6.07, 6.45) is 4.13. The highest BCUT2D eigenvalue weighted by Gasteiger charge is 2.54. The van der Waals surface area contributed by atoms with Crippen LogP contribution in [0.2, 0.25) is 0 Å². The van der Waals surface area contributed by atoms with E-state index in [9.17, 15) is 0 Å². The Labute approximate surface area is 779 Å². The monoisotopic (exact) mass is 1700 g/mol. The maximum Gasteiger partial charge on any atom is 0.0754 e. The predicted molar refractivity (Wildman–Crippen MR) is 559 cm³/mol. The predicted octanol–water partition coefficient (Wildman–Crippen LogP) is 34.1. The molecule has 2 aliphatic heterocycles. The van der Waals surface area contributed by atoms with Crippen LogP contribution in [0.5, 0.6) is 0 Å². The van der Waals surface area contributed by atoms with Crippen molar-refractivity contribution in [3.63, 3.8) is 0 Å². The molecule has 2 aromatic heterocycles. The topological polar surface area (TPSA) is 32.3 Å². The number of rotatable bonds is 11. The minimum atomic E-state index is -0.519. The molecular formula is C130H84N4. The van der Waals surface area contributed by atoms with Crippen molar-refractivity contribution in [2.24, 2.45) is 0 Å². The van der Waals surface area contributed by atoms with Crippen LogP contribution < -0.4 is 9.80 Å². The molecule has 624 valence electrons. The van der Waals surface area contributed by atoms with Gasteiger partial charge < -0.3 is 9.80 Å². The van der Waals surface area contributed by atoms with Crippen molar-refractivity contribution in [2.75, 3.05) is 9.80 Å². The standard InChI is InChI=1S/C68H44N2.C62H40N2/c1-3-17-45(18-4-1)46-35-37-49(38-36-46)66-54-22-7-9-24-56(54)67(57-25-10-8-23-55(57)66)63-42-40-51(44-69-63)48-33-31-47(32-34-48)50-39-41-60-58(43-50)53-21-11-12-26-59(53)68(60)61-27-13-15-29-64(61)70(52-19-5-2-6-20-52)65-30-16-14-28-62(65)68;1-3-18-41(19-4-1)42-34-36-43(37-35-42)59-47-22-7-9-24-49(47)61(50-25-10-8-23-48(50)59)56-39-38-44(40-63-56)46-27-17-31-55-60(46)51-26-11-12-28-52(51)62(55)53-29-13-15-32-57(53)64(45-20-5-2-6-21-45)58-33-16-14-30-54(58)62/h1-44H;1-40H. The first-order valence-corrected chi connectivity index (χ1v) is 46.3. The average Bonchev–Trinajstić information content (AvgIpc) is 1.50. The Balaban J connectivity index is 0.000000140. The Morgan fingerprint density at radius 2 is 0.418 bits per heavy atom. The van der Waals surface area contributed by atoms with Gasteiger partial charge in [-0.15, -0.1) is 0 Å². The zero-order valence-electron chi connectivity index (χ0n) is 73.3. The fraction of sp³-hybridized carbons (Fsp3) is 0.0154. The first kappa shape index (κ1) is 77.7. The summed E-state index contributed by atoms with van der Waals surface area (Å²) in [4.78, 5) is 15.4. The summed E-state index contributed by atoms with van der Waals surface area (Å²) in [7, 11) is 0. The molecule has 0 bridgehead atoms. The normalized spacial score (nSPS) is 13.0. The molecule has 0 saturated carbocycles. The van der Waals surface area contributed by atoms with Crippen LogP contribution in [0.3, 0.4) is 0 Å². The van der Waals surface area contributed by atoms with Crippen molar-refractivity contribution in [2.45, 2.75) is 10.8 Å².